The van der Waals surface area contributed by atoms with E-state index in [-0.39, 0.29) is 18.2 Å². The van der Waals surface area contributed by atoms with E-state index in [2.05, 4.69) is 4.90 Å². The molecule has 2 rings (SSSR count). The van der Waals surface area contributed by atoms with Crippen LogP contribution in [-0.2, 0) is 6.54 Å². The van der Waals surface area contributed by atoms with Crippen LogP contribution in [0.25, 0.3) is 0 Å². The molecule has 0 saturated carbocycles. The summed E-state index contributed by atoms with van der Waals surface area (Å²) in [6.07, 6.45) is 6.54. The van der Waals surface area contributed by atoms with Crippen molar-refractivity contribution >= 4 is 0 Å². The highest BCUT2D eigenvalue weighted by Crippen LogP contribution is 2.16. The maximum atomic E-state index is 11.6. The molecule has 2 heterocycles. The van der Waals surface area contributed by atoms with Gasteiger partial charge in [0, 0.05) is 31.4 Å². The Labute approximate surface area is 108 Å². The van der Waals surface area contributed by atoms with E-state index in [0.29, 0.717) is 6.54 Å². The highest BCUT2D eigenvalue weighted by molar-refractivity contribution is 4.93. The summed E-state index contributed by atoms with van der Waals surface area (Å²) in [5.41, 5.74) is 0.0490. The van der Waals surface area contributed by atoms with E-state index in [9.17, 15) is 9.90 Å². The molecule has 1 saturated heterocycles. The summed E-state index contributed by atoms with van der Waals surface area (Å²) >= 11 is 0. The van der Waals surface area contributed by atoms with Gasteiger partial charge >= 0.3 is 0 Å². The largest absolute Gasteiger partial charge is 0.395 e. The molecule has 1 unspecified atom stereocenters. The Kier molecular flexibility index (Phi) is 4.96. The summed E-state index contributed by atoms with van der Waals surface area (Å²) in [7, 11) is 0. The fourth-order valence-electron chi connectivity index (χ4n) is 2.62. The quantitative estimate of drug-likeness (QED) is 0.870. The highest BCUT2D eigenvalue weighted by atomic mass is 16.3. The standard InChI is InChI=1S/C14H22N2O2/c17-12-13-6-2-1-4-8-15(13)10-11-16-9-5-3-7-14(16)18/h3,5,7,9,13,17H,1-2,4,6,8,10-12H2. The monoisotopic (exact) mass is 250 g/mol. The molecule has 0 amide bonds. The van der Waals surface area contributed by atoms with E-state index in [4.69, 9.17) is 0 Å². The molecule has 1 aromatic heterocycles. The molecule has 0 spiro atoms. The van der Waals surface area contributed by atoms with Crippen LogP contribution < -0.4 is 5.56 Å². The second-order valence-corrected chi connectivity index (χ2v) is 4.95. The molecule has 0 radical (unpaired) electrons. The molecule has 1 fully saturated rings. The minimum Gasteiger partial charge on any atom is -0.395 e. The molecule has 1 atom stereocenters. The molecule has 1 aliphatic heterocycles. The average Bonchev–Trinajstić information content (AvgIpc) is 2.62. The van der Waals surface area contributed by atoms with Crippen LogP contribution >= 0.6 is 0 Å². The number of hydrogen-bond acceptors (Lipinski definition) is 3. The Morgan fingerprint density at radius 1 is 1.22 bits per heavy atom. The van der Waals surface area contributed by atoms with E-state index in [0.717, 1.165) is 19.5 Å². The zero-order chi connectivity index (χ0) is 12.8. The van der Waals surface area contributed by atoms with Gasteiger partial charge in [-0.3, -0.25) is 9.69 Å². The van der Waals surface area contributed by atoms with Gasteiger partial charge in [-0.05, 0) is 25.5 Å². The van der Waals surface area contributed by atoms with Gasteiger partial charge in [0.1, 0.15) is 0 Å². The van der Waals surface area contributed by atoms with Gasteiger partial charge in [0.2, 0.25) is 0 Å². The van der Waals surface area contributed by atoms with Crippen molar-refractivity contribution in [1.82, 2.24) is 9.47 Å². The number of aromatic nitrogens is 1. The average molecular weight is 250 g/mol. The van der Waals surface area contributed by atoms with Crippen LogP contribution in [0.15, 0.2) is 29.2 Å². The highest BCUT2D eigenvalue weighted by Gasteiger charge is 2.19. The number of hydrogen-bond donors (Lipinski definition) is 1. The number of pyridine rings is 1. The van der Waals surface area contributed by atoms with E-state index >= 15 is 0 Å². The van der Waals surface area contributed by atoms with Gasteiger partial charge in [-0.1, -0.05) is 18.9 Å². The maximum Gasteiger partial charge on any atom is 0.250 e. The van der Waals surface area contributed by atoms with Crippen LogP contribution in [0.2, 0.25) is 0 Å². The van der Waals surface area contributed by atoms with Crippen molar-refractivity contribution in [2.75, 3.05) is 19.7 Å². The Hall–Kier alpha value is -1.13. The minimum absolute atomic E-state index is 0.0490. The van der Waals surface area contributed by atoms with E-state index in [1.54, 1.807) is 16.7 Å². The van der Waals surface area contributed by atoms with Gasteiger partial charge in [-0.25, -0.2) is 0 Å². The van der Waals surface area contributed by atoms with Crippen LogP contribution in [0.3, 0.4) is 0 Å². The third kappa shape index (κ3) is 3.43. The first-order valence-corrected chi connectivity index (χ1v) is 6.81. The molecule has 4 heteroatoms. The van der Waals surface area contributed by atoms with Crippen LogP contribution in [0.1, 0.15) is 25.7 Å². The summed E-state index contributed by atoms with van der Waals surface area (Å²) in [6, 6.07) is 5.51. The third-order valence-electron chi connectivity index (χ3n) is 3.74. The Morgan fingerprint density at radius 3 is 2.89 bits per heavy atom. The van der Waals surface area contributed by atoms with Crippen molar-refractivity contribution in [2.45, 2.75) is 38.3 Å². The first-order chi connectivity index (χ1) is 8.81. The van der Waals surface area contributed by atoms with Crippen LogP contribution in [0.5, 0.6) is 0 Å². The minimum atomic E-state index is 0.0490. The van der Waals surface area contributed by atoms with E-state index < -0.39 is 0 Å². The van der Waals surface area contributed by atoms with Crippen molar-refractivity contribution in [2.24, 2.45) is 0 Å². The van der Waals surface area contributed by atoms with E-state index in [1.165, 1.54) is 19.3 Å². The summed E-state index contributed by atoms with van der Waals surface area (Å²) in [6.45, 7) is 2.81. The summed E-state index contributed by atoms with van der Waals surface area (Å²) in [5.74, 6) is 0. The molecule has 0 bridgehead atoms. The molecule has 1 aromatic rings. The summed E-state index contributed by atoms with van der Waals surface area (Å²) < 4.78 is 1.74. The van der Waals surface area contributed by atoms with Gasteiger partial charge in [0.25, 0.3) is 5.56 Å². The predicted octanol–water partition coefficient (Wildman–Crippen LogP) is 1.09. The normalized spacial score (nSPS) is 21.7. The van der Waals surface area contributed by atoms with Gasteiger partial charge in [-0.15, -0.1) is 0 Å². The predicted molar refractivity (Wildman–Crippen MR) is 71.6 cm³/mol. The molecular weight excluding hydrogens is 228 g/mol. The first-order valence-electron chi connectivity index (χ1n) is 6.81. The second kappa shape index (κ2) is 6.71. The van der Waals surface area contributed by atoms with Gasteiger partial charge < -0.3 is 9.67 Å². The number of likely N-dealkylation sites (tertiary alicyclic amines) is 1. The van der Waals surface area contributed by atoms with Crippen LogP contribution in [0.4, 0.5) is 0 Å². The Bertz CT molecular complexity index is 416. The smallest absolute Gasteiger partial charge is 0.250 e. The van der Waals surface area contributed by atoms with Crippen molar-refractivity contribution < 1.29 is 5.11 Å². The van der Waals surface area contributed by atoms with Gasteiger partial charge in [0.15, 0.2) is 0 Å². The summed E-state index contributed by atoms with van der Waals surface area (Å²) in [5, 5.41) is 9.43. The topological polar surface area (TPSA) is 45.5 Å². The van der Waals surface area contributed by atoms with Gasteiger partial charge in [0.05, 0.1) is 6.61 Å². The van der Waals surface area contributed by atoms with Crippen molar-refractivity contribution in [1.29, 1.82) is 0 Å². The molecule has 100 valence electrons. The van der Waals surface area contributed by atoms with Crippen LogP contribution in [-0.4, -0.2) is 40.3 Å². The molecule has 0 aliphatic carbocycles. The van der Waals surface area contributed by atoms with E-state index in [1.807, 2.05) is 12.3 Å². The van der Waals surface area contributed by atoms with Gasteiger partial charge in [-0.2, -0.15) is 0 Å². The number of aliphatic hydroxyl groups is 1. The molecule has 1 aliphatic rings. The zero-order valence-electron chi connectivity index (χ0n) is 10.8. The SMILES string of the molecule is O=c1ccccn1CCN1CCCCCC1CO. The number of aliphatic hydroxyl groups excluding tert-OH is 1. The zero-order valence-corrected chi connectivity index (χ0v) is 10.8. The molecule has 1 N–H and O–H groups in total. The molecule has 18 heavy (non-hydrogen) atoms. The molecule has 4 nitrogen and oxygen atoms in total. The Balaban J connectivity index is 1.95. The third-order valence-corrected chi connectivity index (χ3v) is 3.74. The number of rotatable bonds is 4. The fraction of sp³-hybridized carbons (Fsp3) is 0.643. The molecular formula is C14H22N2O2. The number of nitrogens with zero attached hydrogens (tertiary/aromatic N) is 2. The molecule has 0 aromatic carbocycles. The lowest BCUT2D eigenvalue weighted by Gasteiger charge is -2.28. The maximum absolute atomic E-state index is 11.6. The van der Waals surface area contributed by atoms with Crippen LogP contribution in [0, 0.1) is 0 Å². The van der Waals surface area contributed by atoms with Crippen molar-refractivity contribution in [3.63, 3.8) is 0 Å². The Morgan fingerprint density at radius 2 is 2.11 bits per heavy atom. The first kappa shape index (κ1) is 13.3. The lowest BCUT2D eigenvalue weighted by Crippen LogP contribution is -2.40. The lowest BCUT2D eigenvalue weighted by molar-refractivity contribution is 0.120. The fourth-order valence-corrected chi connectivity index (χ4v) is 2.62. The van der Waals surface area contributed by atoms with Crippen molar-refractivity contribution in [3.05, 3.63) is 34.7 Å². The van der Waals surface area contributed by atoms with Crippen molar-refractivity contribution in [3.8, 4) is 0 Å². The second-order valence-electron chi connectivity index (χ2n) is 4.95. The lowest BCUT2D eigenvalue weighted by atomic mass is 10.1. The summed E-state index contributed by atoms with van der Waals surface area (Å²) in [4.78, 5) is 13.9.